The number of halogens is 1. The first-order valence-electron chi connectivity index (χ1n) is 11.3. The molecule has 5 rings (SSSR count). The molecule has 2 aromatic carbocycles. The van der Waals surface area contributed by atoms with E-state index in [-0.39, 0.29) is 17.8 Å². The molecule has 6 heteroatoms. The second-order valence-corrected chi connectivity index (χ2v) is 9.27. The first-order valence-corrected chi connectivity index (χ1v) is 11.3. The number of nitrogens with zero attached hydrogens (tertiary/aromatic N) is 1. The largest absolute Gasteiger partial charge is 0.488 e. The van der Waals surface area contributed by atoms with Gasteiger partial charge in [-0.2, -0.15) is 0 Å². The Labute approximate surface area is 182 Å². The van der Waals surface area contributed by atoms with Crippen LogP contribution in [0, 0.1) is 17.7 Å². The zero-order chi connectivity index (χ0) is 21.4. The number of aliphatic hydroxyl groups is 1. The number of anilines is 1. The first-order chi connectivity index (χ1) is 15.0. The summed E-state index contributed by atoms with van der Waals surface area (Å²) in [4.78, 5) is 14.9. The standard InChI is InChI=1S/C25H29FN2O3/c26-19-7-9-20(10-8-19)31-24-12-18-14-28(13-17(18)11-23(24)29)15-25(30)27-22-4-2-1-3-21(22)16-5-6-16/h1-4,7-10,16-18,23-24,29H,5-6,11-15H2,(H,27,30)/t17-,18+,23+,24+/m0/s1. The number of hydrogen-bond acceptors (Lipinski definition) is 4. The minimum Gasteiger partial charge on any atom is -0.488 e. The summed E-state index contributed by atoms with van der Waals surface area (Å²) in [5, 5.41) is 13.7. The van der Waals surface area contributed by atoms with E-state index in [9.17, 15) is 14.3 Å². The Morgan fingerprint density at radius 2 is 1.77 bits per heavy atom. The number of nitrogens with one attached hydrogen (secondary N) is 1. The average molecular weight is 425 g/mol. The molecule has 0 bridgehead atoms. The van der Waals surface area contributed by atoms with Crippen LogP contribution in [0.5, 0.6) is 5.75 Å². The van der Waals surface area contributed by atoms with Crippen molar-refractivity contribution in [2.24, 2.45) is 11.8 Å². The summed E-state index contributed by atoms with van der Waals surface area (Å²) in [6.45, 7) is 2.02. The maximum Gasteiger partial charge on any atom is 0.238 e. The Morgan fingerprint density at radius 3 is 2.52 bits per heavy atom. The second kappa shape index (κ2) is 8.60. The number of rotatable bonds is 6. The van der Waals surface area contributed by atoms with E-state index in [0.29, 0.717) is 36.5 Å². The minimum absolute atomic E-state index is 0.0198. The van der Waals surface area contributed by atoms with Gasteiger partial charge in [0, 0.05) is 18.8 Å². The lowest BCUT2D eigenvalue weighted by atomic mass is 9.78. The average Bonchev–Trinajstić information content (AvgIpc) is 3.52. The van der Waals surface area contributed by atoms with Crippen LogP contribution in [0.4, 0.5) is 10.1 Å². The van der Waals surface area contributed by atoms with Crippen LogP contribution in [-0.4, -0.2) is 47.8 Å². The topological polar surface area (TPSA) is 61.8 Å². The van der Waals surface area contributed by atoms with E-state index in [2.05, 4.69) is 16.3 Å². The van der Waals surface area contributed by atoms with E-state index in [1.165, 1.54) is 30.5 Å². The van der Waals surface area contributed by atoms with Gasteiger partial charge in [-0.05, 0) is 79.3 Å². The number of hydrogen-bond donors (Lipinski definition) is 2. The molecule has 1 aliphatic heterocycles. The van der Waals surface area contributed by atoms with Crippen molar-refractivity contribution in [2.75, 3.05) is 25.0 Å². The van der Waals surface area contributed by atoms with Gasteiger partial charge in [-0.3, -0.25) is 9.69 Å². The van der Waals surface area contributed by atoms with Crippen molar-refractivity contribution >= 4 is 11.6 Å². The number of aliphatic hydroxyl groups excluding tert-OH is 1. The third-order valence-corrected chi connectivity index (χ3v) is 6.88. The molecule has 1 saturated heterocycles. The van der Waals surface area contributed by atoms with Gasteiger partial charge >= 0.3 is 0 Å². The minimum atomic E-state index is -0.550. The maximum absolute atomic E-state index is 13.1. The number of ether oxygens (including phenoxy) is 1. The van der Waals surface area contributed by atoms with Crippen molar-refractivity contribution in [3.63, 3.8) is 0 Å². The first kappa shape index (κ1) is 20.5. The number of benzene rings is 2. The molecule has 0 spiro atoms. The lowest BCUT2D eigenvalue weighted by Crippen LogP contribution is -2.42. The fourth-order valence-electron chi connectivity index (χ4n) is 5.19. The lowest BCUT2D eigenvalue weighted by Gasteiger charge is -2.35. The summed E-state index contributed by atoms with van der Waals surface area (Å²) < 4.78 is 19.1. The monoisotopic (exact) mass is 424 g/mol. The van der Waals surface area contributed by atoms with Crippen molar-refractivity contribution < 1.29 is 19.0 Å². The van der Waals surface area contributed by atoms with Gasteiger partial charge in [0.1, 0.15) is 17.7 Å². The summed E-state index contributed by atoms with van der Waals surface area (Å²) in [6.07, 6.45) is 2.96. The van der Waals surface area contributed by atoms with Gasteiger partial charge in [0.2, 0.25) is 5.91 Å². The predicted molar refractivity (Wildman–Crippen MR) is 117 cm³/mol. The van der Waals surface area contributed by atoms with Crippen LogP contribution in [0.15, 0.2) is 48.5 Å². The van der Waals surface area contributed by atoms with Crippen molar-refractivity contribution in [3.8, 4) is 5.75 Å². The molecule has 4 atom stereocenters. The molecule has 2 aromatic rings. The van der Waals surface area contributed by atoms with E-state index in [1.807, 2.05) is 18.2 Å². The number of carbonyl (C=O) groups excluding carboxylic acids is 1. The highest BCUT2D eigenvalue weighted by molar-refractivity contribution is 5.93. The van der Waals surface area contributed by atoms with Gasteiger partial charge in [-0.25, -0.2) is 4.39 Å². The van der Waals surface area contributed by atoms with Gasteiger partial charge in [-0.15, -0.1) is 0 Å². The quantitative estimate of drug-likeness (QED) is 0.741. The summed E-state index contributed by atoms with van der Waals surface area (Å²) in [5.41, 5.74) is 2.18. The Kier molecular flexibility index (Phi) is 5.67. The zero-order valence-electron chi connectivity index (χ0n) is 17.5. The van der Waals surface area contributed by atoms with Gasteiger partial charge in [0.15, 0.2) is 0 Å². The summed E-state index contributed by atoms with van der Waals surface area (Å²) in [7, 11) is 0. The number of likely N-dealkylation sites (tertiary alicyclic amines) is 1. The molecule has 2 aliphatic carbocycles. The molecule has 2 saturated carbocycles. The maximum atomic E-state index is 13.1. The van der Waals surface area contributed by atoms with E-state index >= 15 is 0 Å². The third-order valence-electron chi connectivity index (χ3n) is 6.88. The number of fused-ring (bicyclic) bond motifs is 1. The molecule has 1 heterocycles. The van der Waals surface area contributed by atoms with Gasteiger partial charge < -0.3 is 15.2 Å². The smallest absolute Gasteiger partial charge is 0.238 e. The van der Waals surface area contributed by atoms with Crippen LogP contribution in [-0.2, 0) is 4.79 Å². The Balaban J connectivity index is 1.16. The summed E-state index contributed by atoms with van der Waals surface area (Å²) in [6, 6.07) is 14.0. The highest BCUT2D eigenvalue weighted by Crippen LogP contribution is 2.43. The van der Waals surface area contributed by atoms with E-state index in [1.54, 1.807) is 12.1 Å². The van der Waals surface area contributed by atoms with Crippen LogP contribution in [0.2, 0.25) is 0 Å². The van der Waals surface area contributed by atoms with Crippen molar-refractivity contribution in [3.05, 3.63) is 59.9 Å². The molecule has 1 amide bonds. The van der Waals surface area contributed by atoms with Crippen LogP contribution in [0.1, 0.15) is 37.2 Å². The normalized spacial score (nSPS) is 28.2. The van der Waals surface area contributed by atoms with Crippen molar-refractivity contribution in [2.45, 2.75) is 43.8 Å². The molecule has 3 fully saturated rings. The molecule has 5 nitrogen and oxygen atoms in total. The molecule has 0 unspecified atom stereocenters. The molecule has 2 N–H and O–H groups in total. The third kappa shape index (κ3) is 4.75. The number of carbonyl (C=O) groups is 1. The number of amides is 1. The molecular formula is C25H29FN2O3. The van der Waals surface area contributed by atoms with Crippen molar-refractivity contribution in [1.29, 1.82) is 0 Å². The van der Waals surface area contributed by atoms with Gasteiger partial charge in [-0.1, -0.05) is 18.2 Å². The summed E-state index contributed by atoms with van der Waals surface area (Å²) >= 11 is 0. The Hall–Kier alpha value is -2.44. The van der Waals surface area contributed by atoms with Crippen LogP contribution >= 0.6 is 0 Å². The second-order valence-electron chi connectivity index (χ2n) is 9.27. The van der Waals surface area contributed by atoms with E-state index in [0.717, 1.165) is 25.2 Å². The Morgan fingerprint density at radius 1 is 1.06 bits per heavy atom. The van der Waals surface area contributed by atoms with Crippen molar-refractivity contribution in [1.82, 2.24) is 4.90 Å². The van der Waals surface area contributed by atoms with Crippen LogP contribution in [0.25, 0.3) is 0 Å². The molecule has 3 aliphatic rings. The molecule has 0 aromatic heterocycles. The van der Waals surface area contributed by atoms with E-state index in [4.69, 9.17) is 4.74 Å². The van der Waals surface area contributed by atoms with Crippen LogP contribution < -0.4 is 10.1 Å². The molecule has 0 radical (unpaired) electrons. The SMILES string of the molecule is O=C(CN1C[C@H]2C[C@@H](Oc3ccc(F)cc3)[C@H](O)C[C@H]2C1)Nc1ccccc1C1CC1. The van der Waals surface area contributed by atoms with E-state index < -0.39 is 6.10 Å². The lowest BCUT2D eigenvalue weighted by molar-refractivity contribution is -0.117. The predicted octanol–water partition coefficient (Wildman–Crippen LogP) is 3.79. The summed E-state index contributed by atoms with van der Waals surface area (Å²) in [5.74, 6) is 1.64. The number of para-hydroxylation sites is 1. The fourth-order valence-corrected chi connectivity index (χ4v) is 5.19. The van der Waals surface area contributed by atoms with Crippen LogP contribution in [0.3, 0.4) is 0 Å². The van der Waals surface area contributed by atoms with Gasteiger partial charge in [0.25, 0.3) is 0 Å². The molecule has 164 valence electrons. The molecular weight excluding hydrogens is 395 g/mol. The highest BCUT2D eigenvalue weighted by Gasteiger charge is 2.43. The zero-order valence-corrected chi connectivity index (χ0v) is 17.5. The Bertz CT molecular complexity index is 931. The highest BCUT2D eigenvalue weighted by atomic mass is 19.1. The molecule has 31 heavy (non-hydrogen) atoms. The van der Waals surface area contributed by atoms with Gasteiger partial charge in [0.05, 0.1) is 12.6 Å². The fraction of sp³-hybridized carbons (Fsp3) is 0.480.